The molecule has 4 N–H and O–H groups in total. The van der Waals surface area contributed by atoms with Gasteiger partial charge in [0.25, 0.3) is 0 Å². The van der Waals surface area contributed by atoms with Crippen molar-refractivity contribution in [2.45, 2.75) is 180 Å². The van der Waals surface area contributed by atoms with E-state index in [9.17, 15) is 19.0 Å². The number of ether oxygens (including phenoxy) is 2. The Balaban J connectivity index is 4.28. The van der Waals surface area contributed by atoms with Gasteiger partial charge in [-0.05, 0) is 83.5 Å². The molecule has 57 heavy (non-hydrogen) atoms. The molecule has 0 amide bonds. The van der Waals surface area contributed by atoms with Gasteiger partial charge in [-0.1, -0.05) is 151 Å². The number of nitrogens with two attached hydrogens (primary N) is 1. The van der Waals surface area contributed by atoms with Gasteiger partial charge in [0.2, 0.25) is 0 Å². The molecule has 3 atom stereocenters. The molecular weight excluding hydrogens is 741 g/mol. The molecule has 0 bridgehead atoms. The Bertz CT molecular complexity index is 1180. The van der Waals surface area contributed by atoms with Crippen LogP contribution in [-0.4, -0.2) is 60.5 Å². The highest BCUT2D eigenvalue weighted by atomic mass is 31.2. The Kier molecular flexibility index (Phi) is 39.7. The van der Waals surface area contributed by atoms with Crippen molar-refractivity contribution in [1.29, 1.82) is 0 Å². The molecule has 0 aromatic carbocycles. The van der Waals surface area contributed by atoms with E-state index in [1.807, 2.05) is 0 Å². The number of hydrogen-bond acceptors (Lipinski definition) is 8. The molecule has 328 valence electrons. The first-order valence-electron chi connectivity index (χ1n) is 22.0. The number of hydrogen-bond donors (Lipinski definition) is 3. The Morgan fingerprint density at radius 1 is 0.579 bits per heavy atom. The number of carboxylic acids is 1. The van der Waals surface area contributed by atoms with Crippen LogP contribution in [0.5, 0.6) is 0 Å². The van der Waals surface area contributed by atoms with Crippen LogP contribution in [-0.2, 0) is 32.7 Å². The van der Waals surface area contributed by atoms with Crippen LogP contribution in [0.2, 0.25) is 0 Å². The lowest BCUT2D eigenvalue weighted by atomic mass is 10.1. The van der Waals surface area contributed by atoms with Gasteiger partial charge in [0.1, 0.15) is 12.1 Å². The van der Waals surface area contributed by atoms with Crippen LogP contribution in [0.1, 0.15) is 168 Å². The van der Waals surface area contributed by atoms with E-state index in [0.717, 1.165) is 64.2 Å². The number of aliphatic carboxylic acids is 1. The van der Waals surface area contributed by atoms with Gasteiger partial charge in [0.05, 0.1) is 19.8 Å². The lowest BCUT2D eigenvalue weighted by Crippen LogP contribution is -2.34. The van der Waals surface area contributed by atoms with Crippen molar-refractivity contribution in [3.8, 4) is 0 Å². The largest absolute Gasteiger partial charge is 0.480 e. The highest BCUT2D eigenvalue weighted by Crippen LogP contribution is 2.43. The van der Waals surface area contributed by atoms with E-state index in [2.05, 4.69) is 86.8 Å². The second-order valence-electron chi connectivity index (χ2n) is 14.4. The first kappa shape index (κ1) is 54.4. The smallest absolute Gasteiger partial charge is 0.472 e. The van der Waals surface area contributed by atoms with Crippen LogP contribution in [0.4, 0.5) is 0 Å². The maximum Gasteiger partial charge on any atom is 0.472 e. The molecule has 3 unspecified atom stereocenters. The number of carbonyl (C=O) groups is 2. The molecule has 0 spiro atoms. The van der Waals surface area contributed by atoms with Crippen LogP contribution in [0.25, 0.3) is 0 Å². The summed E-state index contributed by atoms with van der Waals surface area (Å²) >= 11 is 0. The fourth-order valence-electron chi connectivity index (χ4n) is 5.56. The summed E-state index contributed by atoms with van der Waals surface area (Å²) in [6.45, 7) is 3.67. The summed E-state index contributed by atoms with van der Waals surface area (Å²) < 4.78 is 33.3. The third kappa shape index (κ3) is 41.4. The zero-order valence-electron chi connectivity index (χ0n) is 35.7. The number of unbranched alkanes of at least 4 members (excludes halogenated alkanes) is 15. The zero-order valence-corrected chi connectivity index (χ0v) is 36.6. The van der Waals surface area contributed by atoms with Gasteiger partial charge < -0.3 is 25.2 Å². The highest BCUT2D eigenvalue weighted by Gasteiger charge is 2.27. The van der Waals surface area contributed by atoms with Gasteiger partial charge >= 0.3 is 19.8 Å². The number of rotatable bonds is 41. The third-order valence-corrected chi connectivity index (χ3v) is 9.92. The van der Waals surface area contributed by atoms with E-state index in [-0.39, 0.29) is 13.0 Å². The summed E-state index contributed by atoms with van der Waals surface area (Å²) in [6, 6.07) is -1.48. The molecule has 0 aliphatic heterocycles. The quantitative estimate of drug-likeness (QED) is 0.0235. The van der Waals surface area contributed by atoms with Crippen molar-refractivity contribution in [3.05, 3.63) is 72.9 Å². The van der Waals surface area contributed by atoms with Crippen LogP contribution >= 0.6 is 7.82 Å². The third-order valence-electron chi connectivity index (χ3n) is 8.97. The van der Waals surface area contributed by atoms with E-state index in [1.165, 1.54) is 77.0 Å². The summed E-state index contributed by atoms with van der Waals surface area (Å²) in [5, 5.41) is 8.90. The monoisotopic (exact) mass is 822 g/mol. The zero-order chi connectivity index (χ0) is 41.9. The minimum Gasteiger partial charge on any atom is -0.480 e. The SMILES string of the molecule is CC/C=C\C/C=C\C/C=C\C/C=C\CCCCC(=O)OC(COCCCCCCCCCCCC/C=C\C/C=C\CCCCC)COP(=O)(O)OCC(N)C(=O)O. The molecule has 11 heteroatoms. The number of phosphoric ester groups is 1. The summed E-state index contributed by atoms with van der Waals surface area (Å²) in [6.07, 6.45) is 51.0. The normalized spacial score (nSPS) is 14.6. The Hall–Kier alpha value is -2.59. The van der Waals surface area contributed by atoms with E-state index >= 15 is 0 Å². The van der Waals surface area contributed by atoms with E-state index < -0.39 is 45.1 Å². The van der Waals surface area contributed by atoms with Crippen LogP contribution in [0.15, 0.2) is 72.9 Å². The molecule has 0 heterocycles. The molecule has 10 nitrogen and oxygen atoms in total. The van der Waals surface area contributed by atoms with Crippen molar-refractivity contribution in [1.82, 2.24) is 0 Å². The number of allylic oxidation sites excluding steroid dienone is 12. The summed E-state index contributed by atoms with van der Waals surface area (Å²) in [5.74, 6) is -1.83. The predicted octanol–water partition coefficient (Wildman–Crippen LogP) is 12.2. The van der Waals surface area contributed by atoms with E-state index in [4.69, 9.17) is 29.4 Å². The van der Waals surface area contributed by atoms with Gasteiger partial charge in [0.15, 0.2) is 0 Å². The van der Waals surface area contributed by atoms with E-state index in [1.54, 1.807) is 0 Å². The predicted molar refractivity (Wildman–Crippen MR) is 235 cm³/mol. The van der Waals surface area contributed by atoms with Gasteiger partial charge in [0, 0.05) is 13.0 Å². The highest BCUT2D eigenvalue weighted by molar-refractivity contribution is 7.47. The number of carbonyl (C=O) groups excluding carboxylic acids is 1. The second-order valence-corrected chi connectivity index (χ2v) is 15.9. The average Bonchev–Trinajstić information content (AvgIpc) is 3.19. The number of esters is 1. The minimum atomic E-state index is -4.63. The Labute approximate surface area is 346 Å². The Morgan fingerprint density at radius 2 is 1.02 bits per heavy atom. The molecule has 0 aromatic rings. The van der Waals surface area contributed by atoms with Crippen molar-refractivity contribution in [2.24, 2.45) is 5.73 Å². The standard InChI is InChI=1S/C46H80NO9P/c1-3-5-7-9-11-13-15-17-19-20-21-22-23-25-27-29-31-33-35-37-39-53-40-43(41-54-57(51,52)55-42-44(47)46(49)50)56-45(48)38-36-34-32-30-28-26-24-18-16-14-12-10-8-6-4-2/h6,8,11-14,17-19,24,28,30,43-44H,3-5,7,9-10,15-16,20-23,25-27,29,31-42,47H2,1-2H3,(H,49,50)(H,51,52)/b8-6-,13-11-,14-12-,19-17-,24-18-,30-28-. The molecule has 0 aliphatic carbocycles. The number of carboxylic acid groups (broad SMARTS) is 1. The molecule has 0 rings (SSSR count). The van der Waals surface area contributed by atoms with Crippen LogP contribution in [0, 0.1) is 0 Å². The van der Waals surface area contributed by atoms with Crippen molar-refractivity contribution >= 4 is 19.8 Å². The molecule has 0 saturated carbocycles. The minimum absolute atomic E-state index is 0.00566. The fourth-order valence-corrected chi connectivity index (χ4v) is 6.34. The first-order chi connectivity index (χ1) is 27.7. The van der Waals surface area contributed by atoms with Gasteiger partial charge in [-0.2, -0.15) is 0 Å². The Morgan fingerprint density at radius 3 is 1.53 bits per heavy atom. The summed E-state index contributed by atoms with van der Waals surface area (Å²) in [5.41, 5.74) is 5.35. The fraction of sp³-hybridized carbons (Fsp3) is 0.696. The van der Waals surface area contributed by atoms with E-state index in [0.29, 0.717) is 13.0 Å². The second kappa shape index (κ2) is 41.6. The average molecular weight is 822 g/mol. The molecule has 0 saturated heterocycles. The van der Waals surface area contributed by atoms with Gasteiger partial charge in [-0.3, -0.25) is 18.6 Å². The number of phosphoric acid groups is 1. The van der Waals surface area contributed by atoms with Crippen molar-refractivity contribution in [2.75, 3.05) is 26.4 Å². The lowest BCUT2D eigenvalue weighted by molar-refractivity contribution is -0.154. The molecule has 0 aromatic heterocycles. The maximum atomic E-state index is 12.6. The molecule has 0 fully saturated rings. The lowest BCUT2D eigenvalue weighted by Gasteiger charge is -2.20. The van der Waals surface area contributed by atoms with Crippen molar-refractivity contribution in [3.63, 3.8) is 0 Å². The van der Waals surface area contributed by atoms with Gasteiger partial charge in [-0.25, -0.2) is 4.57 Å². The van der Waals surface area contributed by atoms with Crippen LogP contribution < -0.4 is 5.73 Å². The summed E-state index contributed by atoms with van der Waals surface area (Å²) in [4.78, 5) is 33.5. The topological polar surface area (TPSA) is 155 Å². The van der Waals surface area contributed by atoms with Crippen LogP contribution in [0.3, 0.4) is 0 Å². The molecule has 0 aliphatic rings. The molecule has 0 radical (unpaired) electrons. The first-order valence-corrected chi connectivity index (χ1v) is 23.5. The van der Waals surface area contributed by atoms with Crippen molar-refractivity contribution < 1.29 is 42.7 Å². The molecular formula is C46H80NO9P. The van der Waals surface area contributed by atoms with Gasteiger partial charge in [-0.15, -0.1) is 0 Å². The summed E-state index contributed by atoms with van der Waals surface area (Å²) in [7, 11) is -4.63. The maximum absolute atomic E-state index is 12.6.